The van der Waals surface area contributed by atoms with Crippen LogP contribution in [0.5, 0.6) is 0 Å². The molecule has 0 aromatic heterocycles. The molecule has 0 aromatic rings. The molecule has 124 valence electrons. The number of Topliss-reactive ketones (excluding diaryl/α,β-unsaturated/α-hetero) is 1. The van der Waals surface area contributed by atoms with Crippen LogP contribution in [0.15, 0.2) is 0 Å². The summed E-state index contributed by atoms with van der Waals surface area (Å²) >= 11 is 0. The molecule has 0 N–H and O–H groups in total. The Labute approximate surface area is 154 Å². The number of rotatable bonds is 13. The van der Waals surface area contributed by atoms with E-state index in [4.69, 9.17) is 4.74 Å². The van der Waals surface area contributed by atoms with E-state index in [-0.39, 0.29) is 41.9 Å². The molecule has 0 saturated carbocycles. The van der Waals surface area contributed by atoms with Gasteiger partial charge in [-0.25, -0.2) is 13.2 Å². The van der Waals surface area contributed by atoms with E-state index in [2.05, 4.69) is 4.18 Å². The maximum Gasteiger partial charge on any atom is 1.00 e. The Morgan fingerprint density at radius 3 is 1.95 bits per heavy atom. The fourth-order valence-electron chi connectivity index (χ4n) is 1.71. The van der Waals surface area contributed by atoms with Gasteiger partial charge in [0, 0.05) is 6.42 Å². The second kappa shape index (κ2) is 14.6. The van der Waals surface area contributed by atoms with Crippen molar-refractivity contribution < 1.29 is 61.0 Å². The summed E-state index contributed by atoms with van der Waals surface area (Å²) in [6, 6.07) is 0. The minimum Gasteiger partial charge on any atom is -0.726 e. The van der Waals surface area contributed by atoms with Crippen LogP contribution in [0.4, 0.5) is 0 Å². The summed E-state index contributed by atoms with van der Waals surface area (Å²) in [5.74, 6) is -0.635. The summed E-state index contributed by atoms with van der Waals surface area (Å²) in [6.07, 6.45) is 7.40. The zero-order valence-electron chi connectivity index (χ0n) is 13.3. The van der Waals surface area contributed by atoms with E-state index in [1.165, 1.54) is 0 Å². The van der Waals surface area contributed by atoms with Gasteiger partial charge in [0.2, 0.25) is 10.4 Å². The van der Waals surface area contributed by atoms with Crippen LogP contribution >= 0.6 is 0 Å². The summed E-state index contributed by atoms with van der Waals surface area (Å²) in [5.41, 5.74) is 0. The first-order chi connectivity index (χ1) is 9.81. The molecule has 7 nitrogen and oxygen atoms in total. The van der Waals surface area contributed by atoms with Gasteiger partial charge in [-0.15, -0.1) is 0 Å². The molecule has 0 unspecified atom stereocenters. The minimum absolute atomic E-state index is 0. The summed E-state index contributed by atoms with van der Waals surface area (Å²) in [6.45, 7) is 0.909. The predicted octanol–water partition coefficient (Wildman–Crippen LogP) is -1.28. The Hall–Kier alpha value is 0.01000. The molecule has 9 heteroatoms. The van der Waals surface area contributed by atoms with Crippen LogP contribution in [-0.4, -0.2) is 37.9 Å². The molecule has 0 aliphatic carbocycles. The summed E-state index contributed by atoms with van der Waals surface area (Å²) in [7, 11) is -4.85. The van der Waals surface area contributed by atoms with Crippen LogP contribution in [0.2, 0.25) is 0 Å². The van der Waals surface area contributed by atoms with Gasteiger partial charge in [0.1, 0.15) is 5.78 Å². The second-order valence-corrected chi connectivity index (χ2v) is 5.87. The Kier molecular flexibility index (Phi) is 16.1. The van der Waals surface area contributed by atoms with Crippen molar-refractivity contribution in [1.29, 1.82) is 0 Å². The number of carbonyl (C=O) groups excluding carboxylic acids is 2. The largest absolute Gasteiger partial charge is 1.00 e. The Morgan fingerprint density at radius 1 is 0.955 bits per heavy atom. The molecule has 0 radical (unpaired) electrons. The van der Waals surface area contributed by atoms with Crippen molar-refractivity contribution in [3.05, 3.63) is 0 Å². The third kappa shape index (κ3) is 20.0. The van der Waals surface area contributed by atoms with Crippen LogP contribution < -0.4 is 29.6 Å². The summed E-state index contributed by atoms with van der Waals surface area (Å²) in [5, 5.41) is 0. The molecular formula is C13H23NaO7S. The zero-order chi connectivity index (χ0) is 16.1. The molecule has 0 amide bonds. The van der Waals surface area contributed by atoms with Crippen molar-refractivity contribution in [2.45, 2.75) is 58.3 Å². The molecule has 0 atom stereocenters. The maximum absolute atomic E-state index is 11.0. The standard InChI is InChI=1S/C13H24O7S.Na/c1-12(14)9-7-5-3-2-4-6-8-10-19-13(15)11-20-21(16,17)18;/h2-11H2,1H3,(H,16,17,18);/q;+1/p-1. The third-order valence-corrected chi connectivity index (χ3v) is 3.16. The van der Waals surface area contributed by atoms with Gasteiger partial charge in [0.25, 0.3) is 0 Å². The Balaban J connectivity index is 0. The van der Waals surface area contributed by atoms with Gasteiger partial charge >= 0.3 is 35.5 Å². The first kappa shape index (κ1) is 24.3. The zero-order valence-corrected chi connectivity index (χ0v) is 16.2. The van der Waals surface area contributed by atoms with Gasteiger partial charge < -0.3 is 14.1 Å². The number of hydrogen-bond acceptors (Lipinski definition) is 7. The van der Waals surface area contributed by atoms with E-state index in [1.807, 2.05) is 0 Å². The molecular weight excluding hydrogens is 323 g/mol. The van der Waals surface area contributed by atoms with Gasteiger partial charge in [0.15, 0.2) is 6.61 Å². The van der Waals surface area contributed by atoms with E-state index in [0.717, 1.165) is 38.5 Å². The quantitative estimate of drug-likeness (QED) is 0.134. The first-order valence-corrected chi connectivity index (χ1v) is 8.40. The van der Waals surface area contributed by atoms with Gasteiger partial charge in [-0.1, -0.05) is 32.1 Å². The van der Waals surface area contributed by atoms with Crippen LogP contribution in [0.25, 0.3) is 0 Å². The van der Waals surface area contributed by atoms with E-state index in [1.54, 1.807) is 6.92 Å². The van der Waals surface area contributed by atoms with E-state index < -0.39 is 23.0 Å². The number of ketones is 1. The Morgan fingerprint density at radius 2 is 1.45 bits per heavy atom. The minimum atomic E-state index is -4.85. The molecule has 22 heavy (non-hydrogen) atoms. The molecule has 0 aliphatic heterocycles. The molecule has 0 heterocycles. The average Bonchev–Trinajstić information content (AvgIpc) is 2.37. The predicted molar refractivity (Wildman–Crippen MR) is 74.2 cm³/mol. The molecule has 0 saturated heterocycles. The van der Waals surface area contributed by atoms with Crippen LogP contribution in [0, 0.1) is 0 Å². The van der Waals surface area contributed by atoms with Gasteiger partial charge in [-0.2, -0.15) is 0 Å². The third-order valence-electron chi connectivity index (χ3n) is 2.76. The Bertz CT molecular complexity index is 409. The smallest absolute Gasteiger partial charge is 0.726 e. The van der Waals surface area contributed by atoms with Gasteiger partial charge in [-0.3, -0.25) is 4.18 Å². The van der Waals surface area contributed by atoms with E-state index in [9.17, 15) is 22.6 Å². The topological polar surface area (TPSA) is 110 Å². The fraction of sp³-hybridized carbons (Fsp3) is 0.846. The van der Waals surface area contributed by atoms with E-state index in [0.29, 0.717) is 12.8 Å². The molecule has 0 bridgehead atoms. The molecule has 0 aliphatic rings. The van der Waals surface area contributed by atoms with Crippen molar-refractivity contribution in [2.24, 2.45) is 0 Å². The van der Waals surface area contributed by atoms with Gasteiger partial charge in [0.05, 0.1) is 6.61 Å². The average molecular weight is 346 g/mol. The number of carbonyl (C=O) groups is 2. The van der Waals surface area contributed by atoms with Crippen LogP contribution in [0.3, 0.4) is 0 Å². The van der Waals surface area contributed by atoms with Crippen molar-refractivity contribution in [1.82, 2.24) is 0 Å². The van der Waals surface area contributed by atoms with Crippen LogP contribution in [0.1, 0.15) is 58.3 Å². The summed E-state index contributed by atoms with van der Waals surface area (Å²) in [4.78, 5) is 21.7. The molecule has 0 spiro atoms. The van der Waals surface area contributed by atoms with Gasteiger partial charge in [-0.05, 0) is 19.8 Å². The molecule has 0 rings (SSSR count). The molecule has 0 aromatic carbocycles. The normalized spacial score (nSPS) is 10.8. The maximum atomic E-state index is 11.0. The van der Waals surface area contributed by atoms with E-state index >= 15 is 0 Å². The SMILES string of the molecule is CC(=O)CCCCCCCCCOC(=O)COS(=O)(=O)[O-].[Na+]. The van der Waals surface area contributed by atoms with Crippen molar-refractivity contribution in [2.75, 3.05) is 13.2 Å². The van der Waals surface area contributed by atoms with Crippen LogP contribution in [-0.2, 0) is 28.9 Å². The monoisotopic (exact) mass is 346 g/mol. The van der Waals surface area contributed by atoms with Crippen molar-refractivity contribution in [3.8, 4) is 0 Å². The fourth-order valence-corrected chi connectivity index (χ4v) is 1.95. The van der Waals surface area contributed by atoms with Crippen molar-refractivity contribution >= 4 is 22.2 Å². The molecule has 0 fully saturated rings. The number of unbranched alkanes of at least 4 members (excludes halogenated alkanes) is 6. The first-order valence-electron chi connectivity index (χ1n) is 7.06. The number of ether oxygens (including phenoxy) is 1. The van der Waals surface area contributed by atoms with Crippen molar-refractivity contribution in [3.63, 3.8) is 0 Å². The number of hydrogen-bond donors (Lipinski definition) is 0. The number of esters is 1. The second-order valence-electron chi connectivity index (χ2n) is 4.82. The summed E-state index contributed by atoms with van der Waals surface area (Å²) < 4.78 is 38.7.